The molecule has 0 bridgehead atoms. The van der Waals surface area contributed by atoms with Gasteiger partial charge in [0.15, 0.2) is 5.78 Å². The Morgan fingerprint density at radius 3 is 2.37 bits per heavy atom. The summed E-state index contributed by atoms with van der Waals surface area (Å²) >= 11 is 3.03. The molecule has 8 heteroatoms. The fourth-order valence-electron chi connectivity index (χ4n) is 1.34. The Morgan fingerprint density at radius 1 is 1.26 bits per heavy atom. The van der Waals surface area contributed by atoms with Gasteiger partial charge in [0, 0.05) is 11.1 Å². The van der Waals surface area contributed by atoms with Crippen molar-refractivity contribution >= 4 is 21.7 Å². The molecule has 0 saturated carbocycles. The number of rotatable bonds is 3. The van der Waals surface area contributed by atoms with E-state index in [1.807, 2.05) is 0 Å². The van der Waals surface area contributed by atoms with Crippen molar-refractivity contribution in [3.05, 3.63) is 35.7 Å². The number of carbonyl (C=O) groups excluding carboxylic acids is 1. The minimum Gasteiger partial charge on any atom is -0.329 e. The van der Waals surface area contributed by atoms with E-state index in [1.54, 1.807) is 0 Å². The molecule has 0 atom stereocenters. The van der Waals surface area contributed by atoms with Crippen molar-refractivity contribution in [2.45, 2.75) is 6.18 Å². The number of halogens is 4. The third-order valence-corrected chi connectivity index (χ3v) is 2.76. The number of alkyl halides is 4. The number of carbonyl (C=O) groups is 1. The lowest BCUT2D eigenvalue weighted by molar-refractivity contribution is -0.159. The normalized spacial score (nSPS) is 11.6. The maximum Gasteiger partial charge on any atom is 0.471 e. The van der Waals surface area contributed by atoms with Gasteiger partial charge in [-0.3, -0.25) is 4.79 Å². The minimum atomic E-state index is -4.67. The maximum absolute atomic E-state index is 12.3. The van der Waals surface area contributed by atoms with Crippen LogP contribution in [0.3, 0.4) is 0 Å². The molecule has 2 rings (SSSR count). The minimum absolute atomic E-state index is 0.129. The topological polar surface area (TPSA) is 56.0 Å². The summed E-state index contributed by atoms with van der Waals surface area (Å²) in [7, 11) is 0. The highest BCUT2D eigenvalue weighted by Crippen LogP contribution is 2.29. The Kier molecular flexibility index (Phi) is 3.70. The summed E-state index contributed by atoms with van der Waals surface area (Å²) in [5, 5.41) is 3.42. The van der Waals surface area contributed by atoms with Gasteiger partial charge in [-0.1, -0.05) is 45.4 Å². The molecule has 0 saturated heterocycles. The third kappa shape index (κ3) is 3.01. The average Bonchev–Trinajstić information content (AvgIpc) is 2.87. The van der Waals surface area contributed by atoms with E-state index in [2.05, 4.69) is 30.6 Å². The van der Waals surface area contributed by atoms with E-state index in [9.17, 15) is 18.0 Å². The van der Waals surface area contributed by atoms with Crippen molar-refractivity contribution in [1.82, 2.24) is 10.1 Å². The first-order chi connectivity index (χ1) is 8.91. The standard InChI is InChI=1S/C11H6BrF3N2O2/c12-5-8(18)6-1-3-7(4-2-6)9-16-10(19-17-9)11(13,14)15/h1-4H,5H2. The fourth-order valence-corrected chi connectivity index (χ4v) is 1.66. The van der Waals surface area contributed by atoms with Crippen molar-refractivity contribution in [2.24, 2.45) is 0 Å². The summed E-state index contributed by atoms with van der Waals surface area (Å²) in [6.45, 7) is 0. The van der Waals surface area contributed by atoms with Gasteiger partial charge in [-0.2, -0.15) is 18.2 Å². The lowest BCUT2D eigenvalue weighted by Gasteiger charge is -1.98. The van der Waals surface area contributed by atoms with Gasteiger partial charge < -0.3 is 4.52 Å². The smallest absolute Gasteiger partial charge is 0.329 e. The molecule has 0 amide bonds. The van der Waals surface area contributed by atoms with Crippen molar-refractivity contribution in [2.75, 3.05) is 5.33 Å². The van der Waals surface area contributed by atoms with Crippen LogP contribution < -0.4 is 0 Å². The van der Waals surface area contributed by atoms with Gasteiger partial charge in [0.25, 0.3) is 0 Å². The monoisotopic (exact) mass is 334 g/mol. The number of hydrogen-bond donors (Lipinski definition) is 0. The summed E-state index contributed by atoms with van der Waals surface area (Å²) in [5.41, 5.74) is 0.783. The van der Waals surface area contributed by atoms with Crippen LogP contribution in [0.1, 0.15) is 16.2 Å². The highest BCUT2D eigenvalue weighted by Gasteiger charge is 2.38. The second-order valence-corrected chi connectivity index (χ2v) is 4.12. The predicted octanol–water partition coefficient (Wildman–Crippen LogP) is 3.33. The summed E-state index contributed by atoms with van der Waals surface area (Å²) in [4.78, 5) is 14.6. The van der Waals surface area contributed by atoms with Gasteiger partial charge in [0.05, 0.1) is 5.33 Å². The molecule has 0 spiro atoms. The van der Waals surface area contributed by atoms with Gasteiger partial charge in [0.2, 0.25) is 5.82 Å². The molecule has 1 aromatic carbocycles. The van der Waals surface area contributed by atoms with E-state index in [0.29, 0.717) is 11.1 Å². The number of Topliss-reactive ketones (excluding diaryl/α,β-unsaturated/α-hetero) is 1. The number of benzene rings is 1. The van der Waals surface area contributed by atoms with Gasteiger partial charge >= 0.3 is 12.1 Å². The van der Waals surface area contributed by atoms with Crippen molar-refractivity contribution in [1.29, 1.82) is 0 Å². The second kappa shape index (κ2) is 5.12. The van der Waals surface area contributed by atoms with Crippen LogP contribution in [0.25, 0.3) is 11.4 Å². The molecule has 1 heterocycles. The number of ketones is 1. The molecule has 2 aromatic rings. The summed E-state index contributed by atoms with van der Waals surface area (Å²) in [6.07, 6.45) is -4.67. The molecule has 0 N–H and O–H groups in total. The lowest BCUT2D eigenvalue weighted by atomic mass is 10.1. The number of nitrogens with zero attached hydrogens (tertiary/aromatic N) is 2. The van der Waals surface area contributed by atoms with E-state index in [0.717, 1.165) is 0 Å². The van der Waals surface area contributed by atoms with Gasteiger partial charge in [-0.25, -0.2) is 0 Å². The molecule has 19 heavy (non-hydrogen) atoms. The van der Waals surface area contributed by atoms with Gasteiger partial charge in [-0.15, -0.1) is 0 Å². The molecule has 0 aliphatic heterocycles. The zero-order valence-electron chi connectivity index (χ0n) is 9.24. The third-order valence-electron chi connectivity index (χ3n) is 2.25. The van der Waals surface area contributed by atoms with Crippen LogP contribution in [-0.2, 0) is 6.18 Å². The molecule has 100 valence electrons. The van der Waals surface area contributed by atoms with E-state index in [4.69, 9.17) is 0 Å². The Morgan fingerprint density at radius 2 is 1.89 bits per heavy atom. The Balaban J connectivity index is 2.28. The highest BCUT2D eigenvalue weighted by molar-refractivity contribution is 9.09. The number of aromatic nitrogens is 2. The first kappa shape index (κ1) is 13.7. The van der Waals surface area contributed by atoms with E-state index in [-0.39, 0.29) is 16.9 Å². The van der Waals surface area contributed by atoms with E-state index >= 15 is 0 Å². The van der Waals surface area contributed by atoms with Crippen LogP contribution in [0.4, 0.5) is 13.2 Å². The van der Waals surface area contributed by atoms with Crippen molar-refractivity contribution < 1.29 is 22.5 Å². The maximum atomic E-state index is 12.3. The van der Waals surface area contributed by atoms with Crippen LogP contribution in [0.5, 0.6) is 0 Å². The highest BCUT2D eigenvalue weighted by atomic mass is 79.9. The van der Waals surface area contributed by atoms with Crippen LogP contribution in [0.15, 0.2) is 28.8 Å². The second-order valence-electron chi connectivity index (χ2n) is 3.56. The average molecular weight is 335 g/mol. The van der Waals surface area contributed by atoms with Gasteiger partial charge in [0.1, 0.15) is 0 Å². The summed E-state index contributed by atoms with van der Waals surface area (Å²) < 4.78 is 41.0. The predicted molar refractivity (Wildman–Crippen MR) is 62.9 cm³/mol. The first-order valence-corrected chi connectivity index (χ1v) is 6.14. The molecule has 0 aliphatic carbocycles. The van der Waals surface area contributed by atoms with E-state index in [1.165, 1.54) is 24.3 Å². The van der Waals surface area contributed by atoms with Crippen LogP contribution in [0.2, 0.25) is 0 Å². The van der Waals surface area contributed by atoms with Crippen molar-refractivity contribution in [3.8, 4) is 11.4 Å². The largest absolute Gasteiger partial charge is 0.471 e. The van der Waals surface area contributed by atoms with Gasteiger partial charge in [-0.05, 0) is 0 Å². The van der Waals surface area contributed by atoms with Crippen molar-refractivity contribution in [3.63, 3.8) is 0 Å². The zero-order valence-corrected chi connectivity index (χ0v) is 10.8. The zero-order chi connectivity index (χ0) is 14.0. The lowest BCUT2D eigenvalue weighted by Crippen LogP contribution is -2.04. The van der Waals surface area contributed by atoms with Crippen LogP contribution in [-0.4, -0.2) is 21.3 Å². The number of hydrogen-bond acceptors (Lipinski definition) is 4. The summed E-state index contributed by atoms with van der Waals surface area (Å²) in [5.74, 6) is -1.70. The van der Waals surface area contributed by atoms with E-state index < -0.39 is 12.1 Å². The molecular formula is C11H6BrF3N2O2. The quantitative estimate of drug-likeness (QED) is 0.638. The molecular weight excluding hydrogens is 329 g/mol. The van der Waals surface area contributed by atoms with Crippen LogP contribution >= 0.6 is 15.9 Å². The molecule has 4 nitrogen and oxygen atoms in total. The SMILES string of the molecule is O=C(CBr)c1ccc(-c2noc(C(F)(F)F)n2)cc1. The first-order valence-electron chi connectivity index (χ1n) is 5.02. The molecule has 0 unspecified atom stereocenters. The molecule has 0 fully saturated rings. The Bertz CT molecular complexity index is 593. The fraction of sp³-hybridized carbons (Fsp3) is 0.182. The molecule has 1 aromatic heterocycles. The Labute approximate surface area is 113 Å². The molecule has 0 aliphatic rings. The summed E-state index contributed by atoms with van der Waals surface area (Å²) in [6, 6.07) is 5.90. The van der Waals surface area contributed by atoms with Crippen LogP contribution in [0, 0.1) is 0 Å². The molecule has 0 radical (unpaired) electrons. The Hall–Kier alpha value is -1.70.